The van der Waals surface area contributed by atoms with Gasteiger partial charge in [0.25, 0.3) is 0 Å². The zero-order chi connectivity index (χ0) is 13.1. The van der Waals surface area contributed by atoms with Gasteiger partial charge in [0.05, 0.1) is 29.7 Å². The molecule has 0 radical (unpaired) electrons. The highest BCUT2D eigenvalue weighted by molar-refractivity contribution is 6.23. The molecule has 4 rings (SSSR count). The predicted octanol–water partition coefficient (Wildman–Crippen LogP) is 1.66. The standard InChI is InChI=1S/C15H15NO3/c1-8-4-2-3-5-9(8)16-14(17)12-10-6-7-11(19-10)13(12)15(16)18/h2-5,10-13H,6-7H2,1H3/t10-,11-,12+,13+/m1/s1. The molecule has 3 aliphatic heterocycles. The van der Waals surface area contributed by atoms with Crippen molar-refractivity contribution in [3.8, 4) is 0 Å². The summed E-state index contributed by atoms with van der Waals surface area (Å²) in [5.41, 5.74) is 1.68. The fourth-order valence-corrected chi connectivity index (χ4v) is 3.76. The van der Waals surface area contributed by atoms with Crippen molar-refractivity contribution in [2.75, 3.05) is 4.90 Å². The summed E-state index contributed by atoms with van der Waals surface area (Å²) in [6.07, 6.45) is 1.74. The van der Waals surface area contributed by atoms with E-state index < -0.39 is 0 Å². The van der Waals surface area contributed by atoms with Crippen LogP contribution in [-0.4, -0.2) is 24.0 Å². The van der Waals surface area contributed by atoms with Gasteiger partial charge in [-0.15, -0.1) is 0 Å². The molecular weight excluding hydrogens is 242 g/mol. The minimum Gasteiger partial charge on any atom is -0.373 e. The molecule has 19 heavy (non-hydrogen) atoms. The lowest BCUT2D eigenvalue weighted by Crippen LogP contribution is -2.34. The van der Waals surface area contributed by atoms with Crippen LogP contribution in [0.1, 0.15) is 18.4 Å². The number of amides is 2. The summed E-state index contributed by atoms with van der Waals surface area (Å²) in [4.78, 5) is 26.5. The number of aryl methyl sites for hydroxylation is 1. The third-order valence-electron chi connectivity index (χ3n) is 4.64. The molecule has 2 bridgehead atoms. The van der Waals surface area contributed by atoms with E-state index in [4.69, 9.17) is 4.74 Å². The summed E-state index contributed by atoms with van der Waals surface area (Å²) in [6.45, 7) is 1.93. The van der Waals surface area contributed by atoms with E-state index in [1.165, 1.54) is 4.90 Å². The second kappa shape index (κ2) is 3.67. The van der Waals surface area contributed by atoms with Gasteiger partial charge >= 0.3 is 0 Å². The Morgan fingerprint density at radius 3 is 2.21 bits per heavy atom. The van der Waals surface area contributed by atoms with Crippen molar-refractivity contribution in [2.45, 2.75) is 32.0 Å². The first-order valence-electron chi connectivity index (χ1n) is 6.77. The van der Waals surface area contributed by atoms with Gasteiger partial charge in [-0.05, 0) is 31.4 Å². The SMILES string of the molecule is Cc1ccccc1N1C(=O)[C@@H]2[C@@H](C1=O)[C@H]1CC[C@H]2O1. The maximum Gasteiger partial charge on any atom is 0.240 e. The number of anilines is 1. The summed E-state index contributed by atoms with van der Waals surface area (Å²) in [6, 6.07) is 7.55. The number of rotatable bonds is 1. The van der Waals surface area contributed by atoms with Crippen LogP contribution < -0.4 is 4.90 Å². The lowest BCUT2D eigenvalue weighted by Gasteiger charge is -2.19. The summed E-state index contributed by atoms with van der Waals surface area (Å²) >= 11 is 0. The van der Waals surface area contributed by atoms with Crippen LogP contribution in [0.5, 0.6) is 0 Å². The highest BCUT2D eigenvalue weighted by atomic mass is 16.5. The van der Waals surface area contributed by atoms with Gasteiger partial charge in [-0.2, -0.15) is 0 Å². The molecule has 0 aliphatic carbocycles. The fourth-order valence-electron chi connectivity index (χ4n) is 3.76. The largest absolute Gasteiger partial charge is 0.373 e. The van der Waals surface area contributed by atoms with Gasteiger partial charge in [0.15, 0.2) is 0 Å². The summed E-state index contributed by atoms with van der Waals surface area (Å²) < 4.78 is 5.73. The quantitative estimate of drug-likeness (QED) is 0.719. The average Bonchev–Trinajstić information content (AvgIpc) is 3.06. The second-order valence-corrected chi connectivity index (χ2v) is 5.64. The summed E-state index contributed by atoms with van der Waals surface area (Å²) in [5, 5.41) is 0. The van der Waals surface area contributed by atoms with E-state index in [0.717, 1.165) is 24.1 Å². The number of hydrogen-bond acceptors (Lipinski definition) is 3. The zero-order valence-electron chi connectivity index (χ0n) is 10.7. The molecule has 1 aromatic rings. The van der Waals surface area contributed by atoms with Crippen molar-refractivity contribution in [2.24, 2.45) is 11.8 Å². The van der Waals surface area contributed by atoms with E-state index >= 15 is 0 Å². The Bertz CT molecular complexity index is 555. The van der Waals surface area contributed by atoms with Crippen LogP contribution in [0, 0.1) is 18.8 Å². The molecule has 3 saturated heterocycles. The van der Waals surface area contributed by atoms with Crippen LogP contribution in [0.4, 0.5) is 5.69 Å². The van der Waals surface area contributed by atoms with E-state index in [1.54, 1.807) is 0 Å². The molecular formula is C15H15NO3. The number of ether oxygens (including phenoxy) is 1. The molecule has 1 aromatic carbocycles. The van der Waals surface area contributed by atoms with E-state index in [-0.39, 0.29) is 35.9 Å². The Labute approximate surface area is 111 Å². The fraction of sp³-hybridized carbons (Fsp3) is 0.467. The van der Waals surface area contributed by atoms with E-state index in [9.17, 15) is 9.59 Å². The Balaban J connectivity index is 1.78. The van der Waals surface area contributed by atoms with Crippen LogP contribution in [0.15, 0.2) is 24.3 Å². The average molecular weight is 257 g/mol. The second-order valence-electron chi connectivity index (χ2n) is 5.64. The van der Waals surface area contributed by atoms with Crippen LogP contribution in [0.2, 0.25) is 0 Å². The molecule has 4 heteroatoms. The number of para-hydroxylation sites is 1. The maximum absolute atomic E-state index is 12.6. The number of carbonyl (C=O) groups is 2. The number of hydrogen-bond donors (Lipinski definition) is 0. The normalized spacial score (nSPS) is 36.2. The zero-order valence-corrected chi connectivity index (χ0v) is 10.7. The summed E-state index contributed by atoms with van der Waals surface area (Å²) in [5.74, 6) is -0.635. The van der Waals surface area contributed by atoms with Crippen LogP contribution in [0.25, 0.3) is 0 Å². The number of nitrogens with zero attached hydrogens (tertiary/aromatic N) is 1. The molecule has 3 aliphatic rings. The monoisotopic (exact) mass is 257 g/mol. The number of benzene rings is 1. The minimum absolute atomic E-state index is 0.0412. The van der Waals surface area contributed by atoms with E-state index in [1.807, 2.05) is 31.2 Å². The highest BCUT2D eigenvalue weighted by Gasteiger charge is 2.62. The molecule has 3 fully saturated rings. The van der Waals surface area contributed by atoms with Gasteiger partial charge < -0.3 is 4.74 Å². The molecule has 3 heterocycles. The van der Waals surface area contributed by atoms with Crippen LogP contribution in [-0.2, 0) is 14.3 Å². The lowest BCUT2D eigenvalue weighted by molar-refractivity contribution is -0.124. The maximum atomic E-state index is 12.6. The van der Waals surface area contributed by atoms with Gasteiger partial charge in [0, 0.05) is 0 Å². The molecule has 4 atom stereocenters. The van der Waals surface area contributed by atoms with Crippen molar-refractivity contribution >= 4 is 17.5 Å². The Hall–Kier alpha value is -1.68. The third-order valence-corrected chi connectivity index (χ3v) is 4.64. The molecule has 0 N–H and O–H groups in total. The van der Waals surface area contributed by atoms with Gasteiger partial charge in [-0.1, -0.05) is 18.2 Å². The smallest absolute Gasteiger partial charge is 0.240 e. The Morgan fingerprint density at radius 2 is 1.63 bits per heavy atom. The van der Waals surface area contributed by atoms with Gasteiger partial charge in [-0.3, -0.25) is 9.59 Å². The molecule has 0 aromatic heterocycles. The molecule has 0 unspecified atom stereocenters. The number of carbonyl (C=O) groups excluding carboxylic acids is 2. The Morgan fingerprint density at radius 1 is 1.05 bits per heavy atom. The first-order valence-corrected chi connectivity index (χ1v) is 6.77. The first-order chi connectivity index (χ1) is 9.18. The van der Waals surface area contributed by atoms with E-state index in [2.05, 4.69) is 0 Å². The summed E-state index contributed by atoms with van der Waals surface area (Å²) in [7, 11) is 0. The molecule has 2 amide bonds. The minimum atomic E-state index is -0.245. The van der Waals surface area contributed by atoms with Crippen molar-refractivity contribution in [3.05, 3.63) is 29.8 Å². The van der Waals surface area contributed by atoms with Gasteiger partial charge in [-0.25, -0.2) is 4.90 Å². The van der Waals surface area contributed by atoms with Gasteiger partial charge in [0.1, 0.15) is 0 Å². The van der Waals surface area contributed by atoms with Crippen molar-refractivity contribution in [1.29, 1.82) is 0 Å². The van der Waals surface area contributed by atoms with Crippen LogP contribution in [0.3, 0.4) is 0 Å². The van der Waals surface area contributed by atoms with Crippen molar-refractivity contribution in [3.63, 3.8) is 0 Å². The molecule has 98 valence electrons. The predicted molar refractivity (Wildman–Crippen MR) is 68.5 cm³/mol. The van der Waals surface area contributed by atoms with Crippen molar-refractivity contribution < 1.29 is 14.3 Å². The third kappa shape index (κ3) is 1.32. The Kier molecular flexibility index (Phi) is 2.16. The topological polar surface area (TPSA) is 46.6 Å². The lowest BCUT2D eigenvalue weighted by atomic mass is 9.81. The molecule has 0 spiro atoms. The van der Waals surface area contributed by atoms with Crippen molar-refractivity contribution in [1.82, 2.24) is 0 Å². The first kappa shape index (κ1) is 11.2. The molecule has 4 nitrogen and oxygen atoms in total. The number of fused-ring (bicyclic) bond motifs is 5. The highest BCUT2D eigenvalue weighted by Crippen LogP contribution is 2.49. The van der Waals surface area contributed by atoms with Crippen LogP contribution >= 0.6 is 0 Å². The van der Waals surface area contributed by atoms with E-state index in [0.29, 0.717) is 0 Å². The van der Waals surface area contributed by atoms with Gasteiger partial charge in [0.2, 0.25) is 11.8 Å². The molecule has 0 saturated carbocycles. The number of imide groups is 1.